The lowest BCUT2D eigenvalue weighted by molar-refractivity contribution is 0.0156. The van der Waals surface area contributed by atoms with Crippen LogP contribution in [0.25, 0.3) is 0 Å². The summed E-state index contributed by atoms with van der Waals surface area (Å²) in [6.07, 6.45) is 5.58. The molecule has 0 N–H and O–H groups in total. The van der Waals surface area contributed by atoms with Gasteiger partial charge in [-0.05, 0) is 71.0 Å². The summed E-state index contributed by atoms with van der Waals surface area (Å²) in [7, 11) is 4.24. The summed E-state index contributed by atoms with van der Waals surface area (Å²) in [6, 6.07) is 10.4. The van der Waals surface area contributed by atoms with Gasteiger partial charge in [-0.2, -0.15) is 0 Å². The standard InChI is InChI=1S/C24H33F2N3O/c1-27(2)24(19-6-4-3-5-7-19)14-12-23(13-15-24)18-28(16-21(25)8-9-21)20(30)29(23)17-22(26)10-11-22/h3-7H,8-18H2,1-2H3/t23-,24+. The molecule has 4 fully saturated rings. The van der Waals surface area contributed by atoms with Crippen molar-refractivity contribution in [1.29, 1.82) is 0 Å². The molecule has 164 valence electrons. The van der Waals surface area contributed by atoms with Gasteiger partial charge in [0.25, 0.3) is 0 Å². The molecule has 1 spiro atoms. The number of hydrogen-bond donors (Lipinski definition) is 0. The quantitative estimate of drug-likeness (QED) is 0.682. The molecule has 1 saturated heterocycles. The molecule has 30 heavy (non-hydrogen) atoms. The van der Waals surface area contributed by atoms with Crippen molar-refractivity contribution >= 4 is 6.03 Å². The number of carbonyl (C=O) groups is 1. The Kier molecular flexibility index (Phi) is 4.48. The third-order valence-corrected chi connectivity index (χ3v) is 8.24. The monoisotopic (exact) mass is 417 g/mol. The van der Waals surface area contributed by atoms with Crippen molar-refractivity contribution in [3.63, 3.8) is 0 Å². The van der Waals surface area contributed by atoms with Crippen LogP contribution in [-0.4, -0.2) is 71.3 Å². The van der Waals surface area contributed by atoms with Crippen LogP contribution < -0.4 is 0 Å². The Hall–Kier alpha value is -1.69. The summed E-state index contributed by atoms with van der Waals surface area (Å²) in [4.78, 5) is 19.0. The first kappa shape index (κ1) is 20.2. The van der Waals surface area contributed by atoms with Gasteiger partial charge < -0.3 is 9.80 Å². The highest BCUT2D eigenvalue weighted by molar-refractivity contribution is 5.78. The van der Waals surface area contributed by atoms with E-state index >= 15 is 0 Å². The van der Waals surface area contributed by atoms with Crippen LogP contribution in [-0.2, 0) is 5.54 Å². The lowest BCUT2D eigenvalue weighted by Gasteiger charge is -2.51. The Morgan fingerprint density at radius 3 is 1.97 bits per heavy atom. The molecule has 5 rings (SSSR count). The van der Waals surface area contributed by atoms with Crippen LogP contribution in [0, 0.1) is 0 Å². The van der Waals surface area contributed by atoms with Gasteiger partial charge in [0, 0.05) is 12.1 Å². The van der Waals surface area contributed by atoms with E-state index in [-0.39, 0.29) is 30.2 Å². The van der Waals surface area contributed by atoms with Crippen LogP contribution >= 0.6 is 0 Å². The highest BCUT2D eigenvalue weighted by Gasteiger charge is 2.59. The fraction of sp³-hybridized carbons (Fsp3) is 0.708. The minimum absolute atomic E-state index is 0.0839. The average molecular weight is 418 g/mol. The van der Waals surface area contributed by atoms with Crippen molar-refractivity contribution in [3.05, 3.63) is 35.9 Å². The second kappa shape index (κ2) is 6.65. The summed E-state index contributed by atoms with van der Waals surface area (Å²) in [5.41, 5.74) is -1.62. The SMILES string of the molecule is CN(C)[C@]1(c2ccccc2)CC[C@]2(CC1)CN(CC1(F)CC1)C(=O)N2CC1(F)CC1. The lowest BCUT2D eigenvalue weighted by Crippen LogP contribution is -2.56. The van der Waals surface area contributed by atoms with E-state index in [0.717, 1.165) is 25.7 Å². The van der Waals surface area contributed by atoms with E-state index in [0.29, 0.717) is 32.2 Å². The maximum absolute atomic E-state index is 14.8. The van der Waals surface area contributed by atoms with E-state index in [2.05, 4.69) is 43.3 Å². The Morgan fingerprint density at radius 2 is 1.43 bits per heavy atom. The lowest BCUT2D eigenvalue weighted by atomic mass is 9.68. The smallest absolute Gasteiger partial charge is 0.319 e. The highest BCUT2D eigenvalue weighted by atomic mass is 19.1. The molecule has 6 heteroatoms. The Labute approximate surface area is 178 Å². The molecule has 1 aromatic rings. The molecule has 0 radical (unpaired) electrons. The predicted octanol–water partition coefficient (Wildman–Crippen LogP) is 4.50. The molecule has 3 saturated carbocycles. The topological polar surface area (TPSA) is 26.8 Å². The first-order valence-corrected chi connectivity index (χ1v) is 11.4. The number of amides is 2. The maximum Gasteiger partial charge on any atom is 0.320 e. The number of benzene rings is 1. The summed E-state index contributed by atoms with van der Waals surface area (Å²) >= 11 is 0. The number of hydrogen-bond acceptors (Lipinski definition) is 2. The van der Waals surface area contributed by atoms with E-state index in [1.165, 1.54) is 5.56 Å². The van der Waals surface area contributed by atoms with E-state index in [1.807, 2.05) is 6.07 Å². The van der Waals surface area contributed by atoms with E-state index < -0.39 is 11.3 Å². The first-order valence-electron chi connectivity index (χ1n) is 11.4. The van der Waals surface area contributed by atoms with Gasteiger partial charge in [-0.25, -0.2) is 13.6 Å². The van der Waals surface area contributed by atoms with Crippen molar-refractivity contribution in [2.24, 2.45) is 0 Å². The number of carbonyl (C=O) groups excluding carboxylic acids is 1. The minimum Gasteiger partial charge on any atom is -0.319 e. The van der Waals surface area contributed by atoms with Crippen LogP contribution in [0.3, 0.4) is 0 Å². The summed E-state index contributed by atoms with van der Waals surface area (Å²) in [5.74, 6) is 0. The van der Waals surface area contributed by atoms with Crippen molar-refractivity contribution in [1.82, 2.24) is 14.7 Å². The molecular formula is C24H33F2N3O. The number of rotatable bonds is 6. The van der Waals surface area contributed by atoms with Crippen LogP contribution in [0.5, 0.6) is 0 Å². The van der Waals surface area contributed by atoms with E-state index in [9.17, 15) is 13.6 Å². The van der Waals surface area contributed by atoms with Crippen molar-refractivity contribution in [2.75, 3.05) is 33.7 Å². The number of urea groups is 1. The third kappa shape index (κ3) is 3.31. The highest BCUT2D eigenvalue weighted by Crippen LogP contribution is 2.52. The van der Waals surface area contributed by atoms with Gasteiger partial charge in [-0.15, -0.1) is 0 Å². The molecule has 0 bridgehead atoms. The normalized spacial score (nSPS) is 34.1. The van der Waals surface area contributed by atoms with Gasteiger partial charge in [0.2, 0.25) is 0 Å². The second-order valence-electron chi connectivity index (χ2n) is 10.5. The van der Waals surface area contributed by atoms with Crippen LogP contribution in [0.1, 0.15) is 56.9 Å². The zero-order valence-electron chi connectivity index (χ0n) is 18.2. The molecule has 0 atom stereocenters. The Bertz CT molecular complexity index is 811. The van der Waals surface area contributed by atoms with Crippen LogP contribution in [0.15, 0.2) is 30.3 Å². The summed E-state index contributed by atoms with van der Waals surface area (Å²) < 4.78 is 29.3. The molecule has 1 heterocycles. The van der Waals surface area contributed by atoms with Gasteiger partial charge >= 0.3 is 6.03 Å². The van der Waals surface area contributed by atoms with Crippen molar-refractivity contribution < 1.29 is 13.6 Å². The number of halogens is 2. The molecule has 1 aromatic carbocycles. The molecule has 0 unspecified atom stereocenters. The summed E-state index contributed by atoms with van der Waals surface area (Å²) in [5, 5.41) is 0. The van der Waals surface area contributed by atoms with Crippen LogP contribution in [0.2, 0.25) is 0 Å². The van der Waals surface area contributed by atoms with Gasteiger partial charge in [0.1, 0.15) is 11.3 Å². The molecule has 3 aliphatic carbocycles. The van der Waals surface area contributed by atoms with E-state index in [4.69, 9.17) is 0 Å². The zero-order chi connectivity index (χ0) is 21.2. The molecule has 1 aliphatic heterocycles. The molecule has 4 nitrogen and oxygen atoms in total. The molecule has 2 amide bonds. The van der Waals surface area contributed by atoms with Gasteiger partial charge in [0.05, 0.1) is 18.6 Å². The second-order valence-corrected chi connectivity index (χ2v) is 10.5. The predicted molar refractivity (Wildman–Crippen MR) is 113 cm³/mol. The van der Waals surface area contributed by atoms with Crippen molar-refractivity contribution in [3.8, 4) is 0 Å². The molecule has 4 aliphatic rings. The largest absolute Gasteiger partial charge is 0.320 e. The van der Waals surface area contributed by atoms with Gasteiger partial charge in [-0.3, -0.25) is 4.90 Å². The fourth-order valence-corrected chi connectivity index (χ4v) is 5.75. The average Bonchev–Trinajstić information content (AvgIpc) is 3.63. The van der Waals surface area contributed by atoms with Crippen molar-refractivity contribution in [2.45, 2.75) is 73.8 Å². The first-order chi connectivity index (χ1) is 14.2. The van der Waals surface area contributed by atoms with E-state index in [1.54, 1.807) is 9.80 Å². The minimum atomic E-state index is -1.23. The fourth-order valence-electron chi connectivity index (χ4n) is 5.75. The third-order valence-electron chi connectivity index (χ3n) is 8.24. The maximum atomic E-state index is 14.8. The number of alkyl halides is 2. The van der Waals surface area contributed by atoms with Gasteiger partial charge in [0.15, 0.2) is 0 Å². The molecular weight excluding hydrogens is 384 g/mol. The number of nitrogens with zero attached hydrogens (tertiary/aromatic N) is 3. The molecule has 0 aromatic heterocycles. The van der Waals surface area contributed by atoms with Gasteiger partial charge in [-0.1, -0.05) is 30.3 Å². The summed E-state index contributed by atoms with van der Waals surface area (Å²) in [6.45, 7) is 0.870. The van der Waals surface area contributed by atoms with Crippen LogP contribution in [0.4, 0.5) is 13.6 Å². The zero-order valence-corrected chi connectivity index (χ0v) is 18.2. The Morgan fingerprint density at radius 1 is 0.867 bits per heavy atom. The Balaban J connectivity index is 1.41.